The van der Waals surface area contributed by atoms with Crippen molar-refractivity contribution in [2.45, 2.75) is 18.4 Å². The summed E-state index contributed by atoms with van der Waals surface area (Å²) in [7, 11) is 1.20. The van der Waals surface area contributed by atoms with Gasteiger partial charge in [0.15, 0.2) is 0 Å². The van der Waals surface area contributed by atoms with Gasteiger partial charge in [-0.25, -0.2) is 0 Å². The van der Waals surface area contributed by atoms with E-state index in [0.717, 1.165) is 11.1 Å². The highest BCUT2D eigenvalue weighted by Crippen LogP contribution is 2.25. The fraction of sp³-hybridized carbons (Fsp3) is 0.192. The molecule has 0 saturated carbocycles. The number of nitro groups is 1. The molecule has 35 heavy (non-hydrogen) atoms. The van der Waals surface area contributed by atoms with Crippen molar-refractivity contribution < 1.29 is 24.0 Å². The quantitative estimate of drug-likeness (QED) is 0.264. The van der Waals surface area contributed by atoms with E-state index in [1.165, 1.54) is 31.4 Å². The smallest absolute Gasteiger partial charge is 0.325 e. The molecule has 0 saturated heterocycles. The number of non-ortho nitro benzene ring substituents is 1. The van der Waals surface area contributed by atoms with Crippen molar-refractivity contribution in [2.75, 3.05) is 13.7 Å². The highest BCUT2D eigenvalue weighted by atomic mass is 16.6. The summed E-state index contributed by atoms with van der Waals surface area (Å²) in [5.74, 6) is -2.29. The molecule has 3 aromatic rings. The first-order valence-corrected chi connectivity index (χ1v) is 10.9. The van der Waals surface area contributed by atoms with Crippen LogP contribution >= 0.6 is 0 Å². The van der Waals surface area contributed by atoms with Gasteiger partial charge >= 0.3 is 5.97 Å². The zero-order valence-electron chi connectivity index (χ0n) is 19.0. The summed E-state index contributed by atoms with van der Waals surface area (Å²) < 4.78 is 4.56. The van der Waals surface area contributed by atoms with Gasteiger partial charge in [0, 0.05) is 18.6 Å². The van der Waals surface area contributed by atoms with Crippen LogP contribution in [0.25, 0.3) is 0 Å². The number of nitrogens with zero attached hydrogens (tertiary/aromatic N) is 1. The van der Waals surface area contributed by atoms with Crippen molar-refractivity contribution in [3.05, 3.63) is 112 Å². The molecular formula is C26H25N3O6. The lowest BCUT2D eigenvalue weighted by Crippen LogP contribution is -2.50. The molecule has 0 spiro atoms. The fourth-order valence-corrected chi connectivity index (χ4v) is 3.59. The molecule has 1 atom stereocenters. The standard InChI is InChI=1S/C26H25N3O6/c1-35-23(30)17-27-25(31)22(16-18-12-14-21(15-13-18)29(33)34)28-26(32)24(19-8-4-2-5-9-19)20-10-6-3-7-11-20/h2-15,22,24H,16-17H2,1H3,(H,27,31)(H,28,32)/t22-/m0/s1. The maximum Gasteiger partial charge on any atom is 0.325 e. The van der Waals surface area contributed by atoms with E-state index in [-0.39, 0.29) is 18.7 Å². The Morgan fingerprint density at radius 1 is 0.857 bits per heavy atom. The Morgan fingerprint density at radius 3 is 1.89 bits per heavy atom. The van der Waals surface area contributed by atoms with Crippen molar-refractivity contribution in [2.24, 2.45) is 0 Å². The third-order valence-electron chi connectivity index (χ3n) is 5.38. The summed E-state index contributed by atoms with van der Waals surface area (Å²) >= 11 is 0. The van der Waals surface area contributed by atoms with Gasteiger partial charge in [-0.3, -0.25) is 24.5 Å². The number of methoxy groups -OCH3 is 1. The fourth-order valence-electron chi connectivity index (χ4n) is 3.59. The number of nitro benzene ring substituents is 1. The van der Waals surface area contributed by atoms with E-state index in [4.69, 9.17) is 0 Å². The molecule has 3 rings (SSSR count). The number of nitrogens with one attached hydrogen (secondary N) is 2. The van der Waals surface area contributed by atoms with Crippen LogP contribution in [0.3, 0.4) is 0 Å². The van der Waals surface area contributed by atoms with Gasteiger partial charge in [-0.1, -0.05) is 72.8 Å². The minimum absolute atomic E-state index is 0.0625. The molecule has 0 heterocycles. The number of esters is 1. The van der Waals surface area contributed by atoms with Crippen LogP contribution in [0.1, 0.15) is 22.6 Å². The highest BCUT2D eigenvalue weighted by Gasteiger charge is 2.28. The predicted octanol–water partition coefficient (Wildman–Crippen LogP) is 2.74. The number of benzene rings is 3. The molecule has 0 aliphatic rings. The number of ether oxygens (including phenoxy) is 1. The van der Waals surface area contributed by atoms with Crippen molar-refractivity contribution in [1.82, 2.24) is 10.6 Å². The van der Waals surface area contributed by atoms with Gasteiger partial charge in [-0.05, 0) is 16.7 Å². The molecule has 0 fully saturated rings. The normalized spacial score (nSPS) is 11.4. The van der Waals surface area contributed by atoms with E-state index in [9.17, 15) is 24.5 Å². The minimum atomic E-state index is -1.04. The molecule has 0 aliphatic heterocycles. The Balaban J connectivity index is 1.87. The van der Waals surface area contributed by atoms with E-state index in [1.807, 2.05) is 60.7 Å². The van der Waals surface area contributed by atoms with E-state index in [1.54, 1.807) is 0 Å². The second-order valence-corrected chi connectivity index (χ2v) is 7.74. The molecule has 180 valence electrons. The first-order chi connectivity index (χ1) is 16.9. The number of carbonyl (C=O) groups excluding carboxylic acids is 3. The summed E-state index contributed by atoms with van der Waals surface area (Å²) in [6.07, 6.45) is 0.0625. The van der Waals surface area contributed by atoms with E-state index >= 15 is 0 Å². The summed E-state index contributed by atoms with van der Waals surface area (Å²) in [5.41, 5.74) is 2.02. The van der Waals surface area contributed by atoms with Crippen molar-refractivity contribution >= 4 is 23.5 Å². The number of carbonyl (C=O) groups is 3. The predicted molar refractivity (Wildman–Crippen MR) is 128 cm³/mol. The molecule has 0 bridgehead atoms. The molecular weight excluding hydrogens is 450 g/mol. The average molecular weight is 476 g/mol. The van der Waals surface area contributed by atoms with Crippen LogP contribution in [0, 0.1) is 10.1 Å². The Hall–Kier alpha value is -4.53. The zero-order chi connectivity index (χ0) is 25.2. The SMILES string of the molecule is COC(=O)CNC(=O)[C@H](Cc1ccc([N+](=O)[O-])cc1)NC(=O)C(c1ccccc1)c1ccccc1. The maximum atomic E-state index is 13.5. The summed E-state index contributed by atoms with van der Waals surface area (Å²) in [5, 5.41) is 16.2. The van der Waals surface area contributed by atoms with Crippen LogP contribution in [0.4, 0.5) is 5.69 Å². The van der Waals surface area contributed by atoms with Crippen LogP contribution in [0.15, 0.2) is 84.9 Å². The first kappa shape index (κ1) is 25.1. The molecule has 2 amide bonds. The average Bonchev–Trinajstić information content (AvgIpc) is 2.88. The molecule has 3 aromatic carbocycles. The van der Waals surface area contributed by atoms with Crippen LogP contribution in [-0.4, -0.2) is 42.4 Å². The lowest BCUT2D eigenvalue weighted by molar-refractivity contribution is -0.384. The molecule has 2 N–H and O–H groups in total. The van der Waals surface area contributed by atoms with Gasteiger partial charge in [0.25, 0.3) is 5.69 Å². The summed E-state index contributed by atoms with van der Waals surface area (Å²) in [4.78, 5) is 48.4. The van der Waals surface area contributed by atoms with E-state index in [2.05, 4.69) is 15.4 Å². The Bertz CT molecular complexity index is 1130. The molecule has 0 unspecified atom stereocenters. The molecule has 9 nitrogen and oxygen atoms in total. The van der Waals surface area contributed by atoms with Crippen LogP contribution in [-0.2, 0) is 25.5 Å². The lowest BCUT2D eigenvalue weighted by atomic mass is 9.90. The number of hydrogen-bond acceptors (Lipinski definition) is 6. The molecule has 0 radical (unpaired) electrons. The van der Waals surface area contributed by atoms with Gasteiger partial charge < -0.3 is 15.4 Å². The van der Waals surface area contributed by atoms with Crippen LogP contribution in [0.5, 0.6) is 0 Å². The third kappa shape index (κ3) is 6.97. The number of rotatable bonds is 10. The molecule has 9 heteroatoms. The van der Waals surface area contributed by atoms with E-state index in [0.29, 0.717) is 5.56 Å². The van der Waals surface area contributed by atoms with Gasteiger partial charge in [-0.2, -0.15) is 0 Å². The second-order valence-electron chi connectivity index (χ2n) is 7.74. The number of amides is 2. The van der Waals surface area contributed by atoms with Crippen molar-refractivity contribution in [3.63, 3.8) is 0 Å². The maximum absolute atomic E-state index is 13.5. The van der Waals surface area contributed by atoms with Gasteiger partial charge in [0.1, 0.15) is 12.6 Å². The highest BCUT2D eigenvalue weighted by molar-refractivity contribution is 5.93. The molecule has 0 aromatic heterocycles. The van der Waals surface area contributed by atoms with Gasteiger partial charge in [0.2, 0.25) is 11.8 Å². The Kier molecular flexibility index (Phi) is 8.66. The lowest BCUT2D eigenvalue weighted by Gasteiger charge is -2.23. The topological polar surface area (TPSA) is 128 Å². The Labute approximate surface area is 202 Å². The van der Waals surface area contributed by atoms with Gasteiger partial charge in [-0.15, -0.1) is 0 Å². The van der Waals surface area contributed by atoms with Crippen molar-refractivity contribution in [3.8, 4) is 0 Å². The summed E-state index contributed by atoms with van der Waals surface area (Å²) in [6.45, 7) is -0.358. The van der Waals surface area contributed by atoms with Crippen molar-refractivity contribution in [1.29, 1.82) is 0 Å². The van der Waals surface area contributed by atoms with Crippen LogP contribution < -0.4 is 10.6 Å². The molecule has 0 aliphatic carbocycles. The minimum Gasteiger partial charge on any atom is -0.468 e. The zero-order valence-corrected chi connectivity index (χ0v) is 19.0. The third-order valence-corrected chi connectivity index (χ3v) is 5.38. The van der Waals surface area contributed by atoms with Gasteiger partial charge in [0.05, 0.1) is 18.0 Å². The second kappa shape index (κ2) is 12.1. The van der Waals surface area contributed by atoms with E-state index < -0.39 is 34.7 Å². The Morgan fingerprint density at radius 2 is 1.40 bits per heavy atom. The van der Waals surface area contributed by atoms with Crippen LogP contribution in [0.2, 0.25) is 0 Å². The number of hydrogen-bond donors (Lipinski definition) is 2. The monoisotopic (exact) mass is 475 g/mol. The first-order valence-electron chi connectivity index (χ1n) is 10.9. The summed E-state index contributed by atoms with van der Waals surface area (Å²) in [6, 6.07) is 23.0. The largest absolute Gasteiger partial charge is 0.468 e.